The Morgan fingerprint density at radius 3 is 2.24 bits per heavy atom. The summed E-state index contributed by atoms with van der Waals surface area (Å²) in [6.45, 7) is 4.53. The van der Waals surface area contributed by atoms with E-state index in [1.807, 2.05) is 30.3 Å². The maximum atomic E-state index is 12.2. The summed E-state index contributed by atoms with van der Waals surface area (Å²) in [5.74, 6) is 1.98. The Balaban J connectivity index is 1.33. The van der Waals surface area contributed by atoms with Crippen molar-refractivity contribution in [2.75, 3.05) is 0 Å². The zero-order valence-corrected chi connectivity index (χ0v) is 14.8. The number of hydrogen-bond donors (Lipinski definition) is 1. The summed E-state index contributed by atoms with van der Waals surface area (Å²) < 4.78 is 5.28. The van der Waals surface area contributed by atoms with E-state index in [9.17, 15) is 9.90 Å². The van der Waals surface area contributed by atoms with Crippen LogP contribution in [0.3, 0.4) is 0 Å². The van der Waals surface area contributed by atoms with Gasteiger partial charge in [-0.2, -0.15) is 0 Å². The average Bonchev–Trinajstić information content (AvgIpc) is 2.59. The zero-order chi connectivity index (χ0) is 17.4. The Bertz CT molecular complexity index is 613. The quantitative estimate of drug-likeness (QED) is 0.622. The van der Waals surface area contributed by atoms with Gasteiger partial charge in [0.15, 0.2) is 6.10 Å². The predicted molar refractivity (Wildman–Crippen MR) is 96.6 cm³/mol. The number of benzene rings is 1. The van der Waals surface area contributed by atoms with E-state index >= 15 is 0 Å². The van der Waals surface area contributed by atoms with E-state index in [0.717, 1.165) is 28.9 Å². The van der Waals surface area contributed by atoms with Crippen LogP contribution in [-0.4, -0.2) is 17.2 Å². The lowest BCUT2D eigenvalue weighted by Gasteiger charge is -2.57. The van der Waals surface area contributed by atoms with Gasteiger partial charge in [0.05, 0.1) is 0 Å². The fourth-order valence-corrected chi connectivity index (χ4v) is 5.90. The van der Waals surface area contributed by atoms with Gasteiger partial charge in [0.25, 0.3) is 0 Å². The highest BCUT2D eigenvalue weighted by Gasteiger charge is 2.52. The molecule has 134 valence electrons. The number of esters is 1. The minimum Gasteiger partial charge on any atom is -0.459 e. The van der Waals surface area contributed by atoms with E-state index < -0.39 is 12.1 Å². The van der Waals surface area contributed by atoms with Crippen molar-refractivity contribution in [3.05, 3.63) is 48.0 Å². The summed E-state index contributed by atoms with van der Waals surface area (Å²) in [5, 5.41) is 10.3. The van der Waals surface area contributed by atoms with Crippen LogP contribution in [0.2, 0.25) is 0 Å². The lowest BCUT2D eigenvalue weighted by molar-refractivity contribution is -0.155. The SMILES string of the molecule is C=C(CC(O)C(=O)OCc1ccccc1)C12CC3CC(CC(C3)C1)C2. The average molecular weight is 340 g/mol. The third-order valence-electron chi connectivity index (χ3n) is 6.72. The minimum absolute atomic E-state index is 0.176. The molecular formula is C22H28O3. The van der Waals surface area contributed by atoms with E-state index in [0.29, 0.717) is 6.42 Å². The van der Waals surface area contributed by atoms with Crippen molar-refractivity contribution in [2.45, 2.75) is 57.7 Å². The topological polar surface area (TPSA) is 46.5 Å². The standard InChI is InChI=1S/C22H28O3/c1-15(22-11-17-8-18(12-22)10-19(9-17)13-22)7-20(23)21(24)25-14-16-5-3-2-4-6-16/h2-6,17-20,23H,1,7-14H2. The van der Waals surface area contributed by atoms with Crippen LogP contribution in [-0.2, 0) is 16.1 Å². The Morgan fingerprint density at radius 1 is 1.12 bits per heavy atom. The molecule has 3 heteroatoms. The molecule has 0 aromatic heterocycles. The van der Waals surface area contributed by atoms with Crippen molar-refractivity contribution in [1.82, 2.24) is 0 Å². The van der Waals surface area contributed by atoms with Crippen molar-refractivity contribution in [3.63, 3.8) is 0 Å². The molecule has 5 rings (SSSR count). The van der Waals surface area contributed by atoms with Gasteiger partial charge in [-0.3, -0.25) is 0 Å². The molecular weight excluding hydrogens is 312 g/mol. The maximum Gasteiger partial charge on any atom is 0.335 e. The fourth-order valence-electron chi connectivity index (χ4n) is 5.90. The molecule has 4 saturated carbocycles. The molecule has 25 heavy (non-hydrogen) atoms. The molecule has 1 atom stereocenters. The van der Waals surface area contributed by atoms with E-state index in [-0.39, 0.29) is 12.0 Å². The van der Waals surface area contributed by atoms with Crippen LogP contribution in [0.15, 0.2) is 42.5 Å². The summed E-state index contributed by atoms with van der Waals surface area (Å²) in [5.41, 5.74) is 2.19. The molecule has 1 unspecified atom stereocenters. The van der Waals surface area contributed by atoms with Crippen molar-refractivity contribution < 1.29 is 14.6 Å². The molecule has 4 aliphatic rings. The molecule has 1 N–H and O–H groups in total. The van der Waals surface area contributed by atoms with E-state index in [1.54, 1.807) is 0 Å². The largest absolute Gasteiger partial charge is 0.459 e. The normalized spacial score (nSPS) is 33.9. The summed E-state index contributed by atoms with van der Waals surface area (Å²) in [4.78, 5) is 12.2. The van der Waals surface area contributed by atoms with Gasteiger partial charge in [-0.05, 0) is 67.3 Å². The number of hydrogen-bond acceptors (Lipinski definition) is 3. The fraction of sp³-hybridized carbons (Fsp3) is 0.591. The summed E-state index contributed by atoms with van der Waals surface area (Å²) >= 11 is 0. The highest BCUT2D eigenvalue weighted by Crippen LogP contribution is 2.62. The second kappa shape index (κ2) is 6.60. The van der Waals surface area contributed by atoms with Gasteiger partial charge in [0.1, 0.15) is 6.61 Å². The van der Waals surface area contributed by atoms with Crippen molar-refractivity contribution in [3.8, 4) is 0 Å². The number of carbonyl (C=O) groups excluding carboxylic acids is 1. The maximum absolute atomic E-state index is 12.2. The van der Waals surface area contributed by atoms with E-state index in [2.05, 4.69) is 6.58 Å². The van der Waals surface area contributed by atoms with Gasteiger partial charge in [0.2, 0.25) is 0 Å². The molecule has 0 amide bonds. The predicted octanol–water partition coefficient (Wildman–Crippen LogP) is 4.25. The molecule has 1 aromatic rings. The molecule has 0 spiro atoms. The van der Waals surface area contributed by atoms with Crippen LogP contribution < -0.4 is 0 Å². The Hall–Kier alpha value is -1.61. The molecule has 0 aliphatic heterocycles. The summed E-state index contributed by atoms with van der Waals surface area (Å²) in [6, 6.07) is 9.57. The van der Waals surface area contributed by atoms with E-state index in [1.165, 1.54) is 38.5 Å². The van der Waals surface area contributed by atoms with Crippen molar-refractivity contribution >= 4 is 5.97 Å². The van der Waals surface area contributed by atoms with Gasteiger partial charge in [0, 0.05) is 6.42 Å². The van der Waals surface area contributed by atoms with Crippen LogP contribution >= 0.6 is 0 Å². The zero-order valence-electron chi connectivity index (χ0n) is 14.8. The highest BCUT2D eigenvalue weighted by molar-refractivity contribution is 5.74. The number of ether oxygens (including phenoxy) is 1. The van der Waals surface area contributed by atoms with Gasteiger partial charge < -0.3 is 9.84 Å². The molecule has 4 bridgehead atoms. The third kappa shape index (κ3) is 3.39. The minimum atomic E-state index is -1.09. The summed E-state index contributed by atoms with van der Waals surface area (Å²) in [6.07, 6.45) is 7.04. The first-order valence-electron chi connectivity index (χ1n) is 9.61. The van der Waals surface area contributed by atoms with Gasteiger partial charge in [-0.15, -0.1) is 0 Å². The van der Waals surface area contributed by atoms with Gasteiger partial charge in [-0.25, -0.2) is 4.79 Å². The summed E-state index contributed by atoms with van der Waals surface area (Å²) in [7, 11) is 0. The molecule has 0 radical (unpaired) electrons. The molecule has 0 saturated heterocycles. The van der Waals surface area contributed by atoms with Crippen molar-refractivity contribution in [2.24, 2.45) is 23.2 Å². The molecule has 4 fully saturated rings. The van der Waals surface area contributed by atoms with E-state index in [4.69, 9.17) is 4.74 Å². The number of rotatable bonds is 6. The van der Waals surface area contributed by atoms with Gasteiger partial charge in [-0.1, -0.05) is 42.5 Å². The van der Waals surface area contributed by atoms with Crippen LogP contribution in [0.4, 0.5) is 0 Å². The Morgan fingerprint density at radius 2 is 1.68 bits per heavy atom. The lowest BCUT2D eigenvalue weighted by Crippen LogP contribution is -2.47. The van der Waals surface area contributed by atoms with Crippen molar-refractivity contribution in [1.29, 1.82) is 0 Å². The van der Waals surface area contributed by atoms with Crippen LogP contribution in [0, 0.1) is 23.2 Å². The molecule has 1 aromatic carbocycles. The number of aliphatic hydroxyl groups is 1. The van der Waals surface area contributed by atoms with Gasteiger partial charge >= 0.3 is 5.97 Å². The first kappa shape index (κ1) is 16.8. The molecule has 4 aliphatic carbocycles. The van der Waals surface area contributed by atoms with Crippen LogP contribution in [0.1, 0.15) is 50.5 Å². The highest BCUT2D eigenvalue weighted by atomic mass is 16.5. The smallest absolute Gasteiger partial charge is 0.335 e. The Kier molecular flexibility index (Phi) is 4.45. The molecule has 0 heterocycles. The van der Waals surface area contributed by atoms with Crippen LogP contribution in [0.5, 0.6) is 0 Å². The number of aliphatic hydroxyl groups excluding tert-OH is 1. The second-order valence-electron chi connectivity index (χ2n) is 8.61. The Labute approximate surface area is 150 Å². The third-order valence-corrected chi connectivity index (χ3v) is 6.72. The second-order valence-corrected chi connectivity index (χ2v) is 8.61. The number of carbonyl (C=O) groups is 1. The first-order chi connectivity index (χ1) is 12.0. The molecule has 3 nitrogen and oxygen atoms in total. The lowest BCUT2D eigenvalue weighted by atomic mass is 9.47. The van der Waals surface area contributed by atoms with Crippen LogP contribution in [0.25, 0.3) is 0 Å². The first-order valence-corrected chi connectivity index (χ1v) is 9.61. The monoisotopic (exact) mass is 340 g/mol.